The number of nitrogens with one attached hydrogen (secondary N) is 1. The van der Waals surface area contributed by atoms with Gasteiger partial charge in [0.05, 0.1) is 10.0 Å². The van der Waals surface area contributed by atoms with Crippen molar-refractivity contribution in [2.24, 2.45) is 5.92 Å². The SMILES string of the molecule is CC1CCC(NS(=O)(=O)c2c(Cl)cccc2Cl)C1. The third-order valence-electron chi connectivity index (χ3n) is 3.20. The van der Waals surface area contributed by atoms with Gasteiger partial charge in [0.25, 0.3) is 0 Å². The van der Waals surface area contributed by atoms with E-state index in [0.29, 0.717) is 5.92 Å². The Morgan fingerprint density at radius 2 is 1.83 bits per heavy atom. The molecule has 1 aromatic rings. The van der Waals surface area contributed by atoms with Crippen LogP contribution in [0.4, 0.5) is 0 Å². The van der Waals surface area contributed by atoms with Crippen molar-refractivity contribution in [2.75, 3.05) is 0 Å². The number of benzene rings is 1. The summed E-state index contributed by atoms with van der Waals surface area (Å²) in [6.45, 7) is 2.12. The lowest BCUT2D eigenvalue weighted by Crippen LogP contribution is -2.33. The van der Waals surface area contributed by atoms with Crippen LogP contribution in [-0.2, 0) is 10.0 Å². The average Bonchev–Trinajstić information content (AvgIpc) is 2.62. The van der Waals surface area contributed by atoms with Crippen LogP contribution >= 0.6 is 23.2 Å². The Morgan fingerprint density at radius 3 is 2.33 bits per heavy atom. The highest BCUT2D eigenvalue weighted by Crippen LogP contribution is 2.31. The Bertz CT molecular complexity index is 525. The Kier molecular flexibility index (Phi) is 4.22. The second kappa shape index (κ2) is 5.37. The number of sulfonamides is 1. The van der Waals surface area contributed by atoms with Crippen molar-refractivity contribution in [3.63, 3.8) is 0 Å². The summed E-state index contributed by atoms with van der Waals surface area (Å²) in [4.78, 5) is -0.0205. The monoisotopic (exact) mass is 307 g/mol. The maximum atomic E-state index is 12.3. The fourth-order valence-electron chi connectivity index (χ4n) is 2.33. The van der Waals surface area contributed by atoms with Crippen molar-refractivity contribution < 1.29 is 8.42 Å². The van der Waals surface area contributed by atoms with Crippen LogP contribution in [0, 0.1) is 5.92 Å². The molecule has 3 nitrogen and oxygen atoms in total. The summed E-state index contributed by atoms with van der Waals surface area (Å²) >= 11 is 11.8. The highest BCUT2D eigenvalue weighted by molar-refractivity contribution is 7.89. The molecule has 0 aromatic heterocycles. The smallest absolute Gasteiger partial charge is 0.208 e. The van der Waals surface area contributed by atoms with Gasteiger partial charge < -0.3 is 0 Å². The van der Waals surface area contributed by atoms with Crippen LogP contribution in [0.15, 0.2) is 23.1 Å². The molecule has 100 valence electrons. The molecule has 0 heterocycles. The summed E-state index contributed by atoms with van der Waals surface area (Å²) in [6, 6.07) is 4.66. The van der Waals surface area contributed by atoms with Gasteiger partial charge in [0.15, 0.2) is 0 Å². The lowest BCUT2D eigenvalue weighted by molar-refractivity contribution is 0.538. The van der Waals surface area contributed by atoms with Gasteiger partial charge in [-0.3, -0.25) is 0 Å². The molecule has 1 fully saturated rings. The van der Waals surface area contributed by atoms with Crippen LogP contribution in [-0.4, -0.2) is 14.5 Å². The lowest BCUT2D eigenvalue weighted by Gasteiger charge is -2.14. The van der Waals surface area contributed by atoms with Crippen LogP contribution in [0.3, 0.4) is 0 Å². The molecule has 1 aliphatic carbocycles. The van der Waals surface area contributed by atoms with Crippen LogP contribution in [0.25, 0.3) is 0 Å². The fraction of sp³-hybridized carbons (Fsp3) is 0.500. The molecule has 2 atom stereocenters. The third-order valence-corrected chi connectivity index (χ3v) is 5.68. The maximum Gasteiger partial charge on any atom is 0.243 e. The largest absolute Gasteiger partial charge is 0.243 e. The molecule has 1 aliphatic rings. The van der Waals surface area contributed by atoms with Crippen LogP contribution in [0.1, 0.15) is 26.2 Å². The van der Waals surface area contributed by atoms with E-state index in [1.54, 1.807) is 6.07 Å². The zero-order valence-corrected chi connectivity index (χ0v) is 12.3. The Morgan fingerprint density at radius 1 is 1.22 bits per heavy atom. The summed E-state index contributed by atoms with van der Waals surface area (Å²) in [5.74, 6) is 0.555. The summed E-state index contributed by atoms with van der Waals surface area (Å²) in [5.41, 5.74) is 0. The van der Waals surface area contributed by atoms with E-state index < -0.39 is 10.0 Å². The highest BCUT2D eigenvalue weighted by atomic mass is 35.5. The molecule has 0 saturated heterocycles. The standard InChI is InChI=1S/C12H15Cl2NO2S/c1-8-5-6-9(7-8)15-18(16,17)12-10(13)3-2-4-11(12)14/h2-4,8-9,15H,5-7H2,1H3. The van der Waals surface area contributed by atoms with E-state index in [2.05, 4.69) is 11.6 Å². The molecule has 0 aliphatic heterocycles. The Balaban J connectivity index is 2.26. The molecular formula is C12H15Cl2NO2S. The van der Waals surface area contributed by atoms with E-state index in [9.17, 15) is 8.42 Å². The van der Waals surface area contributed by atoms with Crippen LogP contribution in [0.2, 0.25) is 10.0 Å². The lowest BCUT2D eigenvalue weighted by atomic mass is 10.1. The number of hydrogen-bond donors (Lipinski definition) is 1. The number of halogens is 2. The van der Waals surface area contributed by atoms with Gasteiger partial charge in [0.2, 0.25) is 10.0 Å². The van der Waals surface area contributed by atoms with E-state index in [0.717, 1.165) is 19.3 Å². The van der Waals surface area contributed by atoms with Crippen molar-refractivity contribution in [3.8, 4) is 0 Å². The Hall–Kier alpha value is -0.290. The van der Waals surface area contributed by atoms with E-state index in [1.165, 1.54) is 12.1 Å². The van der Waals surface area contributed by atoms with Crippen LogP contribution in [0.5, 0.6) is 0 Å². The molecule has 0 amide bonds. The van der Waals surface area contributed by atoms with Gasteiger partial charge in [0, 0.05) is 6.04 Å². The summed E-state index contributed by atoms with van der Waals surface area (Å²) in [7, 11) is -3.64. The second-order valence-electron chi connectivity index (χ2n) is 4.79. The van der Waals surface area contributed by atoms with Crippen LogP contribution < -0.4 is 4.72 Å². The minimum absolute atomic E-state index is 0.0164. The van der Waals surface area contributed by atoms with E-state index in [4.69, 9.17) is 23.2 Å². The maximum absolute atomic E-state index is 12.3. The Labute approximate surface area is 118 Å². The highest BCUT2D eigenvalue weighted by Gasteiger charge is 2.28. The second-order valence-corrected chi connectivity index (χ2v) is 7.25. The zero-order valence-electron chi connectivity index (χ0n) is 9.99. The van der Waals surface area contributed by atoms with Gasteiger partial charge in [-0.25, -0.2) is 13.1 Å². The van der Waals surface area contributed by atoms with Gasteiger partial charge in [-0.1, -0.05) is 36.2 Å². The first kappa shape index (κ1) is 14.1. The molecule has 2 unspecified atom stereocenters. The first-order chi connectivity index (χ1) is 8.40. The predicted octanol–water partition coefficient (Wildman–Crippen LogP) is 3.46. The van der Waals surface area contributed by atoms with Gasteiger partial charge in [-0.2, -0.15) is 0 Å². The molecular weight excluding hydrogens is 293 g/mol. The molecule has 18 heavy (non-hydrogen) atoms. The number of hydrogen-bond acceptors (Lipinski definition) is 2. The van der Waals surface area contributed by atoms with Crippen molar-refractivity contribution >= 4 is 33.2 Å². The topological polar surface area (TPSA) is 46.2 Å². The molecule has 1 saturated carbocycles. The van der Waals surface area contributed by atoms with Gasteiger partial charge in [-0.05, 0) is 37.3 Å². The molecule has 0 spiro atoms. The first-order valence-corrected chi connectivity index (χ1v) is 8.10. The first-order valence-electron chi connectivity index (χ1n) is 5.86. The molecule has 1 N–H and O–H groups in total. The number of rotatable bonds is 3. The molecule has 2 rings (SSSR count). The summed E-state index contributed by atoms with van der Waals surface area (Å²) in [6.07, 6.45) is 2.77. The average molecular weight is 308 g/mol. The molecule has 1 aromatic carbocycles. The predicted molar refractivity (Wildman–Crippen MR) is 73.6 cm³/mol. The zero-order chi connectivity index (χ0) is 13.3. The quantitative estimate of drug-likeness (QED) is 0.929. The van der Waals surface area contributed by atoms with Crippen molar-refractivity contribution in [2.45, 2.75) is 37.1 Å². The fourth-order valence-corrected chi connectivity index (χ4v) is 4.76. The van der Waals surface area contributed by atoms with Crippen molar-refractivity contribution in [1.82, 2.24) is 4.72 Å². The van der Waals surface area contributed by atoms with E-state index >= 15 is 0 Å². The molecule has 0 bridgehead atoms. The summed E-state index contributed by atoms with van der Waals surface area (Å²) in [5, 5.41) is 0.307. The van der Waals surface area contributed by atoms with E-state index in [1.807, 2.05) is 0 Å². The minimum Gasteiger partial charge on any atom is -0.208 e. The van der Waals surface area contributed by atoms with E-state index in [-0.39, 0.29) is 21.0 Å². The van der Waals surface area contributed by atoms with Gasteiger partial charge in [-0.15, -0.1) is 0 Å². The molecule has 6 heteroatoms. The minimum atomic E-state index is -3.64. The van der Waals surface area contributed by atoms with Crippen molar-refractivity contribution in [1.29, 1.82) is 0 Å². The normalized spacial score (nSPS) is 24.4. The summed E-state index contributed by atoms with van der Waals surface area (Å²) < 4.78 is 27.2. The van der Waals surface area contributed by atoms with Gasteiger partial charge in [0.1, 0.15) is 4.90 Å². The third kappa shape index (κ3) is 2.99. The molecule has 0 radical (unpaired) electrons. The van der Waals surface area contributed by atoms with Crippen molar-refractivity contribution in [3.05, 3.63) is 28.2 Å². The van der Waals surface area contributed by atoms with Gasteiger partial charge >= 0.3 is 0 Å².